The lowest BCUT2D eigenvalue weighted by Gasteiger charge is -2.34. The van der Waals surface area contributed by atoms with Crippen LogP contribution < -0.4 is 9.47 Å². The maximum atomic E-state index is 9.26. The van der Waals surface area contributed by atoms with Crippen molar-refractivity contribution in [3.63, 3.8) is 0 Å². The van der Waals surface area contributed by atoms with Crippen LogP contribution in [0.25, 0.3) is 0 Å². The van der Waals surface area contributed by atoms with E-state index in [1.54, 1.807) is 7.11 Å². The molecule has 1 unspecified atom stereocenters. The Bertz CT molecular complexity index is 368. The summed E-state index contributed by atoms with van der Waals surface area (Å²) in [7, 11) is 1.64. The molecule has 0 aliphatic carbocycles. The minimum atomic E-state index is 0.0909. The van der Waals surface area contributed by atoms with Gasteiger partial charge in [0.1, 0.15) is 18.1 Å². The van der Waals surface area contributed by atoms with Crippen molar-refractivity contribution in [2.45, 2.75) is 6.04 Å². The van der Waals surface area contributed by atoms with Gasteiger partial charge in [-0.3, -0.25) is 4.90 Å². The second-order valence-electron chi connectivity index (χ2n) is 4.47. The van der Waals surface area contributed by atoms with E-state index in [-0.39, 0.29) is 12.6 Å². The van der Waals surface area contributed by atoms with Crippen LogP contribution in [0.4, 0.5) is 0 Å². The van der Waals surface area contributed by atoms with Crippen molar-refractivity contribution in [3.8, 4) is 11.5 Å². The van der Waals surface area contributed by atoms with E-state index in [2.05, 4.69) is 4.90 Å². The number of hydrogen-bond acceptors (Lipinski definition) is 5. The van der Waals surface area contributed by atoms with Gasteiger partial charge in [-0.25, -0.2) is 0 Å². The Hall–Kier alpha value is -1.30. The van der Waals surface area contributed by atoms with Crippen molar-refractivity contribution in [1.29, 1.82) is 0 Å². The lowest BCUT2D eigenvalue weighted by Crippen LogP contribution is -2.48. The van der Waals surface area contributed by atoms with Crippen molar-refractivity contribution in [2.24, 2.45) is 0 Å². The van der Waals surface area contributed by atoms with E-state index in [0.717, 1.165) is 31.2 Å². The first kappa shape index (κ1) is 14.1. The van der Waals surface area contributed by atoms with Crippen LogP contribution in [0.3, 0.4) is 0 Å². The molecule has 1 aliphatic heterocycles. The highest BCUT2D eigenvalue weighted by Gasteiger charge is 2.21. The molecule has 0 spiro atoms. The average Bonchev–Trinajstić information content (AvgIpc) is 2.48. The first-order valence-corrected chi connectivity index (χ1v) is 6.53. The Morgan fingerprint density at radius 1 is 1.32 bits per heavy atom. The van der Waals surface area contributed by atoms with E-state index in [4.69, 9.17) is 14.2 Å². The summed E-state index contributed by atoms with van der Waals surface area (Å²) in [6, 6.07) is 7.62. The SMILES string of the molecule is COc1ccc(OCCN2CCOCC2CO)cc1. The Morgan fingerprint density at radius 2 is 2.05 bits per heavy atom. The number of morpholine rings is 1. The molecule has 19 heavy (non-hydrogen) atoms. The zero-order valence-corrected chi connectivity index (χ0v) is 11.2. The summed E-state index contributed by atoms with van der Waals surface area (Å²) in [6.45, 7) is 3.68. The summed E-state index contributed by atoms with van der Waals surface area (Å²) in [4.78, 5) is 2.20. The van der Waals surface area contributed by atoms with E-state index >= 15 is 0 Å². The highest BCUT2D eigenvalue weighted by molar-refractivity contribution is 5.31. The van der Waals surface area contributed by atoms with Crippen molar-refractivity contribution in [3.05, 3.63) is 24.3 Å². The third-order valence-corrected chi connectivity index (χ3v) is 3.27. The number of nitrogens with zero attached hydrogens (tertiary/aromatic N) is 1. The Kier molecular flexibility index (Phi) is 5.44. The van der Waals surface area contributed by atoms with E-state index in [1.807, 2.05) is 24.3 Å². The van der Waals surface area contributed by atoms with Gasteiger partial charge in [-0.05, 0) is 24.3 Å². The third kappa shape index (κ3) is 4.09. The van der Waals surface area contributed by atoms with Gasteiger partial charge in [0.15, 0.2) is 0 Å². The fraction of sp³-hybridized carbons (Fsp3) is 0.571. The summed E-state index contributed by atoms with van der Waals surface area (Å²) in [6.07, 6.45) is 0. The number of rotatable bonds is 6. The minimum Gasteiger partial charge on any atom is -0.497 e. The molecule has 106 valence electrons. The summed E-state index contributed by atoms with van der Waals surface area (Å²) in [5.74, 6) is 1.65. The van der Waals surface area contributed by atoms with E-state index in [9.17, 15) is 5.11 Å². The van der Waals surface area contributed by atoms with Crippen molar-refractivity contribution in [2.75, 3.05) is 46.6 Å². The van der Waals surface area contributed by atoms with Crippen LogP contribution in [-0.2, 0) is 4.74 Å². The van der Waals surface area contributed by atoms with Gasteiger partial charge in [0.2, 0.25) is 0 Å². The molecule has 1 aromatic rings. The zero-order chi connectivity index (χ0) is 13.5. The van der Waals surface area contributed by atoms with Crippen LogP contribution in [0.15, 0.2) is 24.3 Å². The zero-order valence-electron chi connectivity index (χ0n) is 11.2. The van der Waals surface area contributed by atoms with Crippen LogP contribution in [0, 0.1) is 0 Å². The molecule has 0 aromatic heterocycles. The number of methoxy groups -OCH3 is 1. The van der Waals surface area contributed by atoms with Crippen LogP contribution in [0.2, 0.25) is 0 Å². The van der Waals surface area contributed by atoms with Gasteiger partial charge in [0.05, 0.1) is 33.0 Å². The molecule has 0 radical (unpaired) electrons. The van der Waals surface area contributed by atoms with Gasteiger partial charge in [-0.15, -0.1) is 0 Å². The van der Waals surface area contributed by atoms with Crippen molar-refractivity contribution < 1.29 is 19.3 Å². The molecule has 1 fully saturated rings. The number of aliphatic hydroxyl groups excluding tert-OH is 1. The van der Waals surface area contributed by atoms with Gasteiger partial charge >= 0.3 is 0 Å². The predicted molar refractivity (Wildman–Crippen MR) is 71.8 cm³/mol. The maximum absolute atomic E-state index is 9.26. The number of ether oxygens (including phenoxy) is 3. The Labute approximate surface area is 113 Å². The van der Waals surface area contributed by atoms with Crippen LogP contribution in [0.5, 0.6) is 11.5 Å². The lowest BCUT2D eigenvalue weighted by molar-refractivity contribution is -0.0312. The first-order chi connectivity index (χ1) is 9.33. The van der Waals surface area contributed by atoms with Crippen LogP contribution >= 0.6 is 0 Å². The van der Waals surface area contributed by atoms with Crippen molar-refractivity contribution in [1.82, 2.24) is 4.90 Å². The van der Waals surface area contributed by atoms with E-state index in [1.165, 1.54) is 0 Å². The van der Waals surface area contributed by atoms with E-state index in [0.29, 0.717) is 13.2 Å². The number of aliphatic hydroxyl groups is 1. The summed E-state index contributed by atoms with van der Waals surface area (Å²) in [5, 5.41) is 9.26. The largest absolute Gasteiger partial charge is 0.497 e. The molecular weight excluding hydrogens is 246 g/mol. The molecule has 5 heteroatoms. The molecular formula is C14H21NO4. The standard InChI is InChI=1S/C14H21NO4/c1-17-13-2-4-14(5-3-13)19-9-7-15-6-8-18-11-12(15)10-16/h2-5,12,16H,6-11H2,1H3. The van der Waals surface area contributed by atoms with Crippen molar-refractivity contribution >= 4 is 0 Å². The molecule has 0 saturated carbocycles. The molecule has 2 rings (SSSR count). The molecule has 0 bridgehead atoms. The summed E-state index contributed by atoms with van der Waals surface area (Å²) >= 11 is 0. The number of hydrogen-bond donors (Lipinski definition) is 1. The summed E-state index contributed by atoms with van der Waals surface area (Å²) in [5.41, 5.74) is 0. The first-order valence-electron chi connectivity index (χ1n) is 6.53. The minimum absolute atomic E-state index is 0.0909. The molecule has 1 heterocycles. The van der Waals surface area contributed by atoms with Gasteiger partial charge in [-0.2, -0.15) is 0 Å². The van der Waals surface area contributed by atoms with Crippen LogP contribution in [0.1, 0.15) is 0 Å². The monoisotopic (exact) mass is 267 g/mol. The third-order valence-electron chi connectivity index (χ3n) is 3.27. The maximum Gasteiger partial charge on any atom is 0.119 e. The smallest absolute Gasteiger partial charge is 0.119 e. The van der Waals surface area contributed by atoms with E-state index < -0.39 is 0 Å². The molecule has 1 saturated heterocycles. The second kappa shape index (κ2) is 7.33. The molecule has 1 N–H and O–H groups in total. The quantitative estimate of drug-likeness (QED) is 0.825. The Morgan fingerprint density at radius 3 is 2.74 bits per heavy atom. The average molecular weight is 267 g/mol. The normalized spacial score (nSPS) is 20.2. The molecule has 1 aliphatic rings. The van der Waals surface area contributed by atoms with Gasteiger partial charge < -0.3 is 19.3 Å². The fourth-order valence-electron chi connectivity index (χ4n) is 2.10. The predicted octanol–water partition coefficient (Wildman–Crippen LogP) is 0.767. The lowest BCUT2D eigenvalue weighted by atomic mass is 10.2. The molecule has 5 nitrogen and oxygen atoms in total. The number of benzene rings is 1. The fourth-order valence-corrected chi connectivity index (χ4v) is 2.10. The van der Waals surface area contributed by atoms with Gasteiger partial charge in [0, 0.05) is 13.1 Å². The van der Waals surface area contributed by atoms with Crippen LogP contribution in [-0.4, -0.2) is 62.7 Å². The topological polar surface area (TPSA) is 51.2 Å². The van der Waals surface area contributed by atoms with Gasteiger partial charge in [0.25, 0.3) is 0 Å². The van der Waals surface area contributed by atoms with Gasteiger partial charge in [-0.1, -0.05) is 0 Å². The molecule has 1 aromatic carbocycles. The Balaban J connectivity index is 1.75. The molecule has 1 atom stereocenters. The molecule has 0 amide bonds. The second-order valence-corrected chi connectivity index (χ2v) is 4.47. The highest BCUT2D eigenvalue weighted by atomic mass is 16.5. The highest BCUT2D eigenvalue weighted by Crippen LogP contribution is 2.17. The summed E-state index contributed by atoms with van der Waals surface area (Å²) < 4.78 is 16.1.